The fraction of sp³-hybridized carbons (Fsp3) is 0.375. The van der Waals surface area contributed by atoms with Crippen molar-refractivity contribution in [2.45, 2.75) is 20.4 Å². The maximum atomic E-state index is 10.1. The van der Waals surface area contributed by atoms with Crippen molar-refractivity contribution in [1.82, 2.24) is 10.9 Å². The molecule has 1 heterocycles. The average molecular weight is 184 g/mol. The quantitative estimate of drug-likeness (QED) is 0.616. The SMILES string of the molecule is Cc1cc(CNNC(=O)O)c(C)o1. The summed E-state index contributed by atoms with van der Waals surface area (Å²) in [7, 11) is 0. The molecule has 0 bridgehead atoms. The van der Waals surface area contributed by atoms with E-state index in [1.165, 1.54) is 0 Å². The van der Waals surface area contributed by atoms with Gasteiger partial charge in [0.15, 0.2) is 0 Å². The highest BCUT2D eigenvalue weighted by Crippen LogP contribution is 2.12. The molecule has 0 atom stereocenters. The minimum absolute atomic E-state index is 0.426. The van der Waals surface area contributed by atoms with Crippen molar-refractivity contribution in [3.8, 4) is 0 Å². The Kier molecular flexibility index (Phi) is 2.92. The van der Waals surface area contributed by atoms with E-state index in [0.717, 1.165) is 17.1 Å². The molecule has 0 aliphatic rings. The summed E-state index contributed by atoms with van der Waals surface area (Å²) in [4.78, 5) is 10.1. The Bertz CT molecular complexity index is 306. The molecule has 5 heteroatoms. The Morgan fingerprint density at radius 3 is 2.77 bits per heavy atom. The standard InChI is InChI=1S/C8H12N2O3/c1-5-3-7(6(2)13-5)4-9-10-8(11)12/h3,9-10H,4H2,1-2H3,(H,11,12). The molecule has 13 heavy (non-hydrogen) atoms. The Hall–Kier alpha value is -1.49. The van der Waals surface area contributed by atoms with Crippen LogP contribution in [0.15, 0.2) is 10.5 Å². The summed E-state index contributed by atoms with van der Waals surface area (Å²) in [6.45, 7) is 4.11. The van der Waals surface area contributed by atoms with Crippen LogP contribution in [0.25, 0.3) is 0 Å². The fourth-order valence-corrected chi connectivity index (χ4v) is 1.07. The fourth-order valence-electron chi connectivity index (χ4n) is 1.07. The number of hydrazine groups is 1. The van der Waals surface area contributed by atoms with Crippen molar-refractivity contribution in [3.63, 3.8) is 0 Å². The topological polar surface area (TPSA) is 74.5 Å². The molecule has 1 rings (SSSR count). The van der Waals surface area contributed by atoms with Crippen LogP contribution in [0.5, 0.6) is 0 Å². The summed E-state index contributed by atoms with van der Waals surface area (Å²) in [5, 5.41) is 8.27. The average Bonchev–Trinajstić information content (AvgIpc) is 2.29. The van der Waals surface area contributed by atoms with Crippen LogP contribution in [-0.2, 0) is 6.54 Å². The first-order valence-corrected chi connectivity index (χ1v) is 3.87. The van der Waals surface area contributed by atoms with Gasteiger partial charge >= 0.3 is 6.09 Å². The molecule has 0 saturated carbocycles. The third-order valence-corrected chi connectivity index (χ3v) is 1.62. The first-order chi connectivity index (χ1) is 6.09. The van der Waals surface area contributed by atoms with Crippen LogP contribution in [0.4, 0.5) is 4.79 Å². The van der Waals surface area contributed by atoms with Gasteiger partial charge in [-0.05, 0) is 19.9 Å². The van der Waals surface area contributed by atoms with Gasteiger partial charge in [-0.2, -0.15) is 0 Å². The van der Waals surface area contributed by atoms with E-state index >= 15 is 0 Å². The highest BCUT2D eigenvalue weighted by atomic mass is 16.4. The summed E-state index contributed by atoms with van der Waals surface area (Å²) < 4.78 is 5.26. The number of carbonyl (C=O) groups is 1. The second-order valence-electron chi connectivity index (χ2n) is 2.72. The lowest BCUT2D eigenvalue weighted by Gasteiger charge is -2.01. The highest BCUT2D eigenvalue weighted by molar-refractivity contribution is 5.63. The normalized spacial score (nSPS) is 10.0. The largest absolute Gasteiger partial charge is 0.466 e. The lowest BCUT2D eigenvalue weighted by atomic mass is 10.2. The van der Waals surface area contributed by atoms with Crippen LogP contribution < -0.4 is 10.9 Å². The zero-order valence-electron chi connectivity index (χ0n) is 7.55. The van der Waals surface area contributed by atoms with Crippen LogP contribution in [0.2, 0.25) is 0 Å². The van der Waals surface area contributed by atoms with Gasteiger partial charge in [-0.1, -0.05) is 0 Å². The number of furan rings is 1. The summed E-state index contributed by atoms with van der Waals surface area (Å²) in [5.41, 5.74) is 5.55. The number of hydrogen-bond acceptors (Lipinski definition) is 3. The summed E-state index contributed by atoms with van der Waals surface area (Å²) in [5.74, 6) is 1.63. The molecule has 1 amide bonds. The summed E-state index contributed by atoms with van der Waals surface area (Å²) in [6.07, 6.45) is -1.10. The van der Waals surface area contributed by atoms with Gasteiger partial charge in [-0.15, -0.1) is 0 Å². The van der Waals surface area contributed by atoms with E-state index in [1.807, 2.05) is 19.9 Å². The second-order valence-corrected chi connectivity index (χ2v) is 2.72. The molecule has 5 nitrogen and oxygen atoms in total. The van der Waals surface area contributed by atoms with Crippen LogP contribution in [-0.4, -0.2) is 11.2 Å². The van der Waals surface area contributed by atoms with E-state index < -0.39 is 6.09 Å². The minimum Gasteiger partial charge on any atom is -0.466 e. The second kappa shape index (κ2) is 3.95. The first-order valence-electron chi connectivity index (χ1n) is 3.87. The van der Waals surface area contributed by atoms with E-state index in [0.29, 0.717) is 6.54 Å². The van der Waals surface area contributed by atoms with Gasteiger partial charge in [0.1, 0.15) is 11.5 Å². The van der Waals surface area contributed by atoms with Gasteiger partial charge in [0.2, 0.25) is 0 Å². The van der Waals surface area contributed by atoms with Crippen molar-refractivity contribution in [2.24, 2.45) is 0 Å². The Morgan fingerprint density at radius 2 is 2.31 bits per heavy atom. The van der Waals surface area contributed by atoms with E-state index in [9.17, 15) is 4.79 Å². The monoisotopic (exact) mass is 184 g/mol. The van der Waals surface area contributed by atoms with Gasteiger partial charge in [0, 0.05) is 12.1 Å². The van der Waals surface area contributed by atoms with Crippen molar-refractivity contribution in [3.05, 3.63) is 23.2 Å². The molecule has 0 unspecified atom stereocenters. The molecule has 1 aromatic heterocycles. The molecule has 0 spiro atoms. The summed E-state index contributed by atoms with van der Waals surface area (Å²) >= 11 is 0. The molecule has 3 N–H and O–H groups in total. The molecular weight excluding hydrogens is 172 g/mol. The molecule has 0 aliphatic heterocycles. The van der Waals surface area contributed by atoms with E-state index in [1.54, 1.807) is 0 Å². The lowest BCUT2D eigenvalue weighted by Crippen LogP contribution is -2.35. The van der Waals surface area contributed by atoms with E-state index in [2.05, 4.69) is 10.9 Å². The molecule has 0 aromatic carbocycles. The van der Waals surface area contributed by atoms with Crippen LogP contribution >= 0.6 is 0 Å². The highest BCUT2D eigenvalue weighted by Gasteiger charge is 2.03. The van der Waals surface area contributed by atoms with Crippen LogP contribution in [0.1, 0.15) is 17.1 Å². The van der Waals surface area contributed by atoms with Crippen molar-refractivity contribution < 1.29 is 14.3 Å². The maximum absolute atomic E-state index is 10.1. The van der Waals surface area contributed by atoms with Gasteiger partial charge in [0.05, 0.1) is 0 Å². The number of nitrogens with one attached hydrogen (secondary N) is 2. The lowest BCUT2D eigenvalue weighted by molar-refractivity contribution is 0.189. The van der Waals surface area contributed by atoms with E-state index in [-0.39, 0.29) is 0 Å². The molecule has 0 aliphatic carbocycles. The molecule has 0 fully saturated rings. The van der Waals surface area contributed by atoms with Gasteiger partial charge < -0.3 is 9.52 Å². The van der Waals surface area contributed by atoms with Crippen molar-refractivity contribution in [2.75, 3.05) is 0 Å². The minimum atomic E-state index is -1.10. The van der Waals surface area contributed by atoms with Gasteiger partial charge in [0.25, 0.3) is 0 Å². The number of rotatable bonds is 3. The Labute approximate surface area is 75.7 Å². The van der Waals surface area contributed by atoms with Gasteiger partial charge in [-0.3, -0.25) is 5.43 Å². The Balaban J connectivity index is 2.45. The zero-order valence-corrected chi connectivity index (χ0v) is 7.55. The summed E-state index contributed by atoms with van der Waals surface area (Å²) in [6, 6.07) is 1.87. The van der Waals surface area contributed by atoms with E-state index in [4.69, 9.17) is 9.52 Å². The number of carboxylic acid groups (broad SMARTS) is 1. The first kappa shape index (κ1) is 9.60. The zero-order chi connectivity index (χ0) is 9.84. The van der Waals surface area contributed by atoms with Crippen molar-refractivity contribution in [1.29, 1.82) is 0 Å². The Morgan fingerprint density at radius 1 is 1.62 bits per heavy atom. The third kappa shape index (κ3) is 2.79. The van der Waals surface area contributed by atoms with Gasteiger partial charge in [-0.25, -0.2) is 10.2 Å². The maximum Gasteiger partial charge on any atom is 0.419 e. The number of aryl methyl sites for hydroxylation is 2. The molecule has 0 saturated heterocycles. The molecule has 1 aromatic rings. The predicted molar refractivity (Wildman–Crippen MR) is 46.2 cm³/mol. The molecule has 72 valence electrons. The molecular formula is C8H12N2O3. The smallest absolute Gasteiger partial charge is 0.419 e. The third-order valence-electron chi connectivity index (χ3n) is 1.62. The van der Waals surface area contributed by atoms with Crippen LogP contribution in [0, 0.1) is 13.8 Å². The molecule has 0 radical (unpaired) electrons. The van der Waals surface area contributed by atoms with Crippen LogP contribution in [0.3, 0.4) is 0 Å². The number of hydrogen-bond donors (Lipinski definition) is 3. The van der Waals surface area contributed by atoms with Crippen molar-refractivity contribution >= 4 is 6.09 Å². The predicted octanol–water partition coefficient (Wildman–Crippen LogP) is 1.17. The number of amides is 1.